The molecule has 0 saturated carbocycles. The van der Waals surface area contributed by atoms with Gasteiger partial charge in [0, 0.05) is 0 Å². The van der Waals surface area contributed by atoms with Gasteiger partial charge in [0.25, 0.3) is 0 Å². The van der Waals surface area contributed by atoms with Gasteiger partial charge in [0.05, 0.1) is 13.2 Å². The molecule has 0 saturated heterocycles. The van der Waals surface area contributed by atoms with E-state index >= 15 is 0 Å². The number of benzene rings is 3. The second-order valence-electron chi connectivity index (χ2n) is 5.57. The summed E-state index contributed by atoms with van der Waals surface area (Å²) in [6, 6.07) is 26.7. The Balaban J connectivity index is 1.51. The summed E-state index contributed by atoms with van der Waals surface area (Å²) >= 11 is 0. The molecule has 0 aliphatic rings. The largest absolute Gasteiger partial charge is 0.587 e. The van der Waals surface area contributed by atoms with Gasteiger partial charge in [-0.3, -0.25) is 4.52 Å². The van der Waals surface area contributed by atoms with Crippen molar-refractivity contribution < 1.29 is 27.6 Å². The van der Waals surface area contributed by atoms with Gasteiger partial charge in [-0.2, -0.15) is 0 Å². The molecule has 0 spiro atoms. The van der Waals surface area contributed by atoms with Gasteiger partial charge in [-0.15, -0.1) is 0 Å². The fourth-order valence-electron chi connectivity index (χ4n) is 2.19. The van der Waals surface area contributed by atoms with Crippen molar-refractivity contribution in [3.8, 4) is 17.2 Å². The Bertz CT molecular complexity index is 812. The third-order valence-corrected chi connectivity index (χ3v) is 4.82. The molecule has 0 atom stereocenters. The highest BCUT2D eigenvalue weighted by molar-refractivity contribution is 7.49. The number of phosphoric ester groups is 1. The van der Waals surface area contributed by atoms with E-state index in [0.717, 1.165) is 0 Å². The molecule has 0 aliphatic heterocycles. The lowest BCUT2D eigenvalue weighted by atomic mass is 10.3. The second-order valence-corrected chi connectivity index (χ2v) is 7.09. The molecule has 28 heavy (non-hydrogen) atoms. The molecule has 0 fully saturated rings. The number of rotatable bonds is 11. The standard InChI is InChI=1S/C21H21O6P/c22-28(26-20-12-6-2-7-13-20,27-21-14-8-3-9-15-21)25-17-16-23-18-24-19-10-4-1-5-11-19/h1-15H,16-18H2. The predicted molar refractivity (Wildman–Crippen MR) is 106 cm³/mol. The normalized spacial score (nSPS) is 11.0. The number of ether oxygens (including phenoxy) is 2. The minimum absolute atomic E-state index is 0.00902. The lowest BCUT2D eigenvalue weighted by Gasteiger charge is -2.19. The van der Waals surface area contributed by atoms with Gasteiger partial charge >= 0.3 is 7.82 Å². The van der Waals surface area contributed by atoms with Crippen LogP contribution >= 0.6 is 7.82 Å². The number of hydrogen-bond acceptors (Lipinski definition) is 6. The smallest absolute Gasteiger partial charge is 0.468 e. The summed E-state index contributed by atoms with van der Waals surface area (Å²) in [5.41, 5.74) is 0. The van der Waals surface area contributed by atoms with Gasteiger partial charge in [0.1, 0.15) is 17.2 Å². The molecule has 0 heterocycles. The minimum Gasteiger partial charge on any atom is -0.468 e. The first kappa shape index (κ1) is 20.0. The zero-order valence-electron chi connectivity index (χ0n) is 15.2. The quantitative estimate of drug-likeness (QED) is 0.247. The van der Waals surface area contributed by atoms with Crippen LogP contribution in [0.25, 0.3) is 0 Å². The number of para-hydroxylation sites is 3. The van der Waals surface area contributed by atoms with Crippen LogP contribution in [0.2, 0.25) is 0 Å². The van der Waals surface area contributed by atoms with E-state index in [4.69, 9.17) is 23.0 Å². The Morgan fingerprint density at radius 3 is 1.57 bits per heavy atom. The molecule has 0 unspecified atom stereocenters. The van der Waals surface area contributed by atoms with E-state index in [2.05, 4.69) is 0 Å². The second kappa shape index (κ2) is 10.5. The first-order chi connectivity index (χ1) is 13.7. The number of hydrogen-bond donors (Lipinski definition) is 0. The van der Waals surface area contributed by atoms with E-state index in [9.17, 15) is 4.57 Å². The van der Waals surface area contributed by atoms with E-state index < -0.39 is 7.82 Å². The molecule has 3 aromatic rings. The average Bonchev–Trinajstić information content (AvgIpc) is 2.73. The molecule has 3 rings (SSSR count). The van der Waals surface area contributed by atoms with Crippen molar-refractivity contribution in [1.29, 1.82) is 0 Å². The summed E-state index contributed by atoms with van der Waals surface area (Å²) in [4.78, 5) is 0. The van der Waals surface area contributed by atoms with Crippen LogP contribution in [0.5, 0.6) is 17.2 Å². The fourth-order valence-corrected chi connectivity index (χ4v) is 3.39. The highest BCUT2D eigenvalue weighted by Gasteiger charge is 2.30. The van der Waals surface area contributed by atoms with Gasteiger partial charge in [-0.25, -0.2) is 4.57 Å². The van der Waals surface area contributed by atoms with Crippen LogP contribution in [0.4, 0.5) is 0 Å². The van der Waals surface area contributed by atoms with Crippen molar-refractivity contribution in [2.24, 2.45) is 0 Å². The van der Waals surface area contributed by atoms with Crippen LogP contribution in [-0.4, -0.2) is 20.0 Å². The molecule has 146 valence electrons. The van der Waals surface area contributed by atoms with Crippen molar-refractivity contribution in [1.82, 2.24) is 0 Å². The van der Waals surface area contributed by atoms with Crippen molar-refractivity contribution in [3.63, 3.8) is 0 Å². The maximum atomic E-state index is 13.1. The first-order valence-electron chi connectivity index (χ1n) is 8.73. The summed E-state index contributed by atoms with van der Waals surface area (Å²) in [6.07, 6.45) is 0. The molecule has 7 heteroatoms. The highest BCUT2D eigenvalue weighted by atomic mass is 31.2. The van der Waals surface area contributed by atoms with Crippen LogP contribution in [0.3, 0.4) is 0 Å². The van der Waals surface area contributed by atoms with Gasteiger partial charge in [-0.05, 0) is 36.4 Å². The predicted octanol–water partition coefficient (Wildman–Crippen LogP) is 5.32. The zero-order valence-corrected chi connectivity index (χ0v) is 16.1. The Kier molecular flexibility index (Phi) is 7.50. The van der Waals surface area contributed by atoms with Crippen molar-refractivity contribution >= 4 is 7.82 Å². The lowest BCUT2D eigenvalue weighted by molar-refractivity contribution is -0.000578. The maximum absolute atomic E-state index is 13.1. The fraction of sp³-hybridized carbons (Fsp3) is 0.143. The molecule has 0 radical (unpaired) electrons. The van der Waals surface area contributed by atoms with E-state index in [1.807, 2.05) is 42.5 Å². The summed E-state index contributed by atoms with van der Waals surface area (Å²) in [5.74, 6) is 1.47. The highest BCUT2D eigenvalue weighted by Crippen LogP contribution is 2.49. The van der Waals surface area contributed by atoms with Crippen molar-refractivity contribution in [2.45, 2.75) is 0 Å². The molecule has 0 N–H and O–H groups in total. The van der Waals surface area contributed by atoms with Gasteiger partial charge < -0.3 is 18.5 Å². The van der Waals surface area contributed by atoms with Crippen molar-refractivity contribution in [2.75, 3.05) is 20.0 Å². The molecule has 6 nitrogen and oxygen atoms in total. The topological polar surface area (TPSA) is 63.2 Å². The van der Waals surface area contributed by atoms with Crippen LogP contribution in [-0.2, 0) is 13.8 Å². The van der Waals surface area contributed by atoms with Crippen LogP contribution < -0.4 is 13.8 Å². The third-order valence-electron chi connectivity index (χ3n) is 3.45. The van der Waals surface area contributed by atoms with E-state index in [1.54, 1.807) is 48.5 Å². The first-order valence-corrected chi connectivity index (χ1v) is 10.2. The number of phosphoric acid groups is 1. The van der Waals surface area contributed by atoms with Gasteiger partial charge in [0.2, 0.25) is 0 Å². The van der Waals surface area contributed by atoms with Gasteiger partial charge in [-0.1, -0.05) is 54.6 Å². The third kappa shape index (κ3) is 6.74. The van der Waals surface area contributed by atoms with Crippen LogP contribution in [0, 0.1) is 0 Å². The lowest BCUT2D eigenvalue weighted by Crippen LogP contribution is -2.11. The SMILES string of the molecule is O=P(OCCOCOc1ccccc1)(Oc1ccccc1)Oc1ccccc1. The Labute approximate surface area is 164 Å². The Morgan fingerprint density at radius 1 is 0.607 bits per heavy atom. The molecule has 0 aromatic heterocycles. The molecular weight excluding hydrogens is 379 g/mol. The average molecular weight is 400 g/mol. The van der Waals surface area contributed by atoms with E-state index in [0.29, 0.717) is 17.2 Å². The van der Waals surface area contributed by atoms with E-state index in [-0.39, 0.29) is 20.0 Å². The van der Waals surface area contributed by atoms with Crippen LogP contribution in [0.1, 0.15) is 0 Å². The summed E-state index contributed by atoms with van der Waals surface area (Å²) in [7, 11) is -3.89. The zero-order chi connectivity index (χ0) is 19.5. The summed E-state index contributed by atoms with van der Waals surface area (Å²) in [6.45, 7) is 0.221. The maximum Gasteiger partial charge on any atom is 0.587 e. The minimum atomic E-state index is -3.89. The van der Waals surface area contributed by atoms with Gasteiger partial charge in [0.15, 0.2) is 6.79 Å². The van der Waals surface area contributed by atoms with Crippen molar-refractivity contribution in [3.05, 3.63) is 91.0 Å². The molecular formula is C21H21O6P. The molecule has 0 bridgehead atoms. The summed E-state index contributed by atoms with van der Waals surface area (Å²) < 4.78 is 40.3. The molecule has 0 aliphatic carbocycles. The Morgan fingerprint density at radius 2 is 1.07 bits per heavy atom. The molecule has 0 amide bonds. The summed E-state index contributed by atoms with van der Waals surface area (Å²) in [5, 5.41) is 0. The van der Waals surface area contributed by atoms with E-state index in [1.165, 1.54) is 0 Å². The monoisotopic (exact) mass is 400 g/mol. The Hall–Kier alpha value is -2.79. The molecule has 3 aromatic carbocycles. The van der Waals surface area contributed by atoms with Crippen LogP contribution in [0.15, 0.2) is 91.0 Å².